The number of imidazole rings is 1. The number of para-hydroxylation sites is 3. The predicted octanol–water partition coefficient (Wildman–Crippen LogP) is 12.6. The second-order valence-corrected chi connectivity index (χ2v) is 14.0. The van der Waals surface area contributed by atoms with Gasteiger partial charge in [-0.3, -0.25) is 4.57 Å². The van der Waals surface area contributed by atoms with Gasteiger partial charge in [0.25, 0.3) is 0 Å². The Hall–Kier alpha value is -6.25. The molecule has 1 aliphatic carbocycles. The van der Waals surface area contributed by atoms with E-state index >= 15 is 0 Å². The van der Waals surface area contributed by atoms with Crippen LogP contribution in [0.3, 0.4) is 0 Å². The summed E-state index contributed by atoms with van der Waals surface area (Å²) >= 11 is 0. The molecule has 9 aromatic rings. The zero-order valence-electron chi connectivity index (χ0n) is 28.1. The lowest BCUT2D eigenvalue weighted by molar-refractivity contribution is 0.661. The minimum absolute atomic E-state index is 0.143. The van der Waals surface area contributed by atoms with E-state index in [2.05, 4.69) is 188 Å². The maximum absolute atomic E-state index is 5.45. The first-order chi connectivity index (χ1) is 24.6. The number of aromatic nitrogens is 2. The van der Waals surface area contributed by atoms with Gasteiger partial charge in [-0.05, 0) is 109 Å². The molecule has 0 amide bonds. The van der Waals surface area contributed by atoms with Crippen LogP contribution in [0.4, 0.5) is 0 Å². The number of benzene rings is 8. The molecule has 0 saturated heterocycles. The fraction of sp³-hybridized carbons (Fsp3) is 0.0625. The van der Waals surface area contributed by atoms with Crippen LogP contribution >= 0.6 is 0 Å². The fourth-order valence-electron chi connectivity index (χ4n) is 8.44. The van der Waals surface area contributed by atoms with Crippen molar-refractivity contribution in [3.8, 4) is 50.5 Å². The first-order valence-electron chi connectivity index (χ1n) is 17.4. The van der Waals surface area contributed by atoms with Crippen LogP contribution in [0.15, 0.2) is 170 Å². The smallest absolute Gasteiger partial charge is 0.146 e. The third kappa shape index (κ3) is 4.18. The number of nitrogens with zero attached hydrogens (tertiary/aromatic N) is 2. The van der Waals surface area contributed by atoms with E-state index in [1.54, 1.807) is 0 Å². The maximum atomic E-state index is 5.45. The quantitative estimate of drug-likeness (QED) is 0.175. The molecule has 1 aliphatic rings. The van der Waals surface area contributed by atoms with Gasteiger partial charge < -0.3 is 0 Å². The molecule has 236 valence electrons. The van der Waals surface area contributed by atoms with Gasteiger partial charge in [0.2, 0.25) is 0 Å². The molecule has 0 spiro atoms. The summed E-state index contributed by atoms with van der Waals surface area (Å²) in [7, 11) is 0. The summed E-state index contributed by atoms with van der Waals surface area (Å²) in [6.07, 6.45) is 0. The van der Waals surface area contributed by atoms with Crippen molar-refractivity contribution < 1.29 is 0 Å². The van der Waals surface area contributed by atoms with Gasteiger partial charge in [-0.2, -0.15) is 0 Å². The van der Waals surface area contributed by atoms with E-state index in [1.807, 2.05) is 0 Å². The van der Waals surface area contributed by atoms with Crippen molar-refractivity contribution in [1.82, 2.24) is 9.55 Å². The molecule has 1 heterocycles. The van der Waals surface area contributed by atoms with Gasteiger partial charge >= 0.3 is 0 Å². The van der Waals surface area contributed by atoms with Crippen LogP contribution in [0.2, 0.25) is 0 Å². The van der Waals surface area contributed by atoms with Gasteiger partial charge in [-0.1, -0.05) is 141 Å². The van der Waals surface area contributed by atoms with Crippen LogP contribution in [0, 0.1) is 0 Å². The molecule has 1 aromatic heterocycles. The standard InChI is InChI=1S/C48H34N2/c1-48(2)41-25-12-11-22-35(41)38-29-39-40(30-42(38)48)46(47-49-43-26-13-14-27-44(43)50(47)34-20-7-4-8-21-34)37-24-10-9-23-36(37)45(39)33-19-15-18-32(28-33)31-16-5-3-6-17-31/h3-30H,1-2H3. The van der Waals surface area contributed by atoms with E-state index in [1.165, 1.54) is 66.1 Å². The highest BCUT2D eigenvalue weighted by Gasteiger charge is 2.36. The Morgan fingerprint density at radius 3 is 1.88 bits per heavy atom. The van der Waals surface area contributed by atoms with Gasteiger partial charge in [0.05, 0.1) is 11.0 Å². The Morgan fingerprint density at radius 2 is 1.06 bits per heavy atom. The summed E-state index contributed by atoms with van der Waals surface area (Å²) in [6.45, 7) is 4.74. The van der Waals surface area contributed by atoms with Crippen LogP contribution in [-0.4, -0.2) is 9.55 Å². The second-order valence-electron chi connectivity index (χ2n) is 14.0. The molecule has 8 aromatic carbocycles. The van der Waals surface area contributed by atoms with Crippen LogP contribution < -0.4 is 0 Å². The molecule has 0 radical (unpaired) electrons. The molecular formula is C48H34N2. The Balaban J connectivity index is 1.39. The average Bonchev–Trinajstić information content (AvgIpc) is 3.66. The van der Waals surface area contributed by atoms with Crippen molar-refractivity contribution >= 4 is 32.6 Å². The van der Waals surface area contributed by atoms with Gasteiger partial charge in [0.15, 0.2) is 0 Å². The summed E-state index contributed by atoms with van der Waals surface area (Å²) in [5, 5.41) is 4.87. The van der Waals surface area contributed by atoms with Crippen molar-refractivity contribution in [3.63, 3.8) is 0 Å². The maximum Gasteiger partial charge on any atom is 0.146 e. The van der Waals surface area contributed by atoms with Crippen LogP contribution in [0.1, 0.15) is 25.0 Å². The first kappa shape index (κ1) is 28.7. The highest BCUT2D eigenvalue weighted by molar-refractivity contribution is 6.22. The predicted molar refractivity (Wildman–Crippen MR) is 210 cm³/mol. The summed E-state index contributed by atoms with van der Waals surface area (Å²) in [4.78, 5) is 5.45. The number of fused-ring (bicyclic) bond motifs is 6. The monoisotopic (exact) mass is 638 g/mol. The molecule has 0 N–H and O–H groups in total. The molecule has 0 unspecified atom stereocenters. The zero-order chi connectivity index (χ0) is 33.4. The summed E-state index contributed by atoms with van der Waals surface area (Å²) in [5.74, 6) is 0.955. The lowest BCUT2D eigenvalue weighted by atomic mass is 9.80. The summed E-state index contributed by atoms with van der Waals surface area (Å²) in [6, 6.07) is 61.8. The Labute approximate surface area is 291 Å². The van der Waals surface area contributed by atoms with E-state index in [9.17, 15) is 0 Å². The molecule has 0 fully saturated rings. The molecule has 0 bridgehead atoms. The van der Waals surface area contributed by atoms with Gasteiger partial charge in [0.1, 0.15) is 5.82 Å². The van der Waals surface area contributed by atoms with Gasteiger partial charge in [-0.15, -0.1) is 0 Å². The van der Waals surface area contributed by atoms with Crippen LogP contribution in [0.25, 0.3) is 83.0 Å². The van der Waals surface area contributed by atoms with Crippen LogP contribution in [-0.2, 0) is 5.41 Å². The van der Waals surface area contributed by atoms with E-state index in [4.69, 9.17) is 4.98 Å². The largest absolute Gasteiger partial charge is 0.292 e. The third-order valence-electron chi connectivity index (χ3n) is 10.8. The molecule has 0 aliphatic heterocycles. The van der Waals surface area contributed by atoms with Crippen LogP contribution in [0.5, 0.6) is 0 Å². The number of rotatable bonds is 4. The molecular weight excluding hydrogens is 605 g/mol. The van der Waals surface area contributed by atoms with E-state index < -0.39 is 0 Å². The highest BCUT2D eigenvalue weighted by atomic mass is 15.1. The van der Waals surface area contributed by atoms with E-state index in [0.29, 0.717) is 0 Å². The van der Waals surface area contributed by atoms with E-state index in [-0.39, 0.29) is 5.41 Å². The van der Waals surface area contributed by atoms with Crippen molar-refractivity contribution in [2.24, 2.45) is 0 Å². The molecule has 50 heavy (non-hydrogen) atoms. The van der Waals surface area contributed by atoms with Crippen molar-refractivity contribution in [2.75, 3.05) is 0 Å². The van der Waals surface area contributed by atoms with E-state index in [0.717, 1.165) is 28.1 Å². The number of hydrogen-bond donors (Lipinski definition) is 0. The Kier molecular flexibility index (Phi) is 6.25. The molecule has 0 atom stereocenters. The minimum Gasteiger partial charge on any atom is -0.292 e. The zero-order valence-corrected chi connectivity index (χ0v) is 28.1. The highest BCUT2D eigenvalue weighted by Crippen LogP contribution is 2.53. The molecule has 2 heteroatoms. The van der Waals surface area contributed by atoms with Crippen molar-refractivity contribution in [2.45, 2.75) is 19.3 Å². The Bertz CT molecular complexity index is 2770. The molecule has 0 saturated carbocycles. The first-order valence-corrected chi connectivity index (χ1v) is 17.4. The average molecular weight is 639 g/mol. The normalized spacial score (nSPS) is 13.2. The molecule has 10 rings (SSSR count). The topological polar surface area (TPSA) is 17.8 Å². The second kappa shape index (κ2) is 10.9. The third-order valence-corrected chi connectivity index (χ3v) is 10.8. The lowest BCUT2D eigenvalue weighted by Gasteiger charge is -2.24. The summed E-state index contributed by atoms with van der Waals surface area (Å²) in [5.41, 5.74) is 14.5. The Morgan fingerprint density at radius 1 is 0.440 bits per heavy atom. The van der Waals surface area contributed by atoms with Crippen molar-refractivity contribution in [3.05, 3.63) is 181 Å². The van der Waals surface area contributed by atoms with Gasteiger partial charge in [0, 0.05) is 16.7 Å². The van der Waals surface area contributed by atoms with Gasteiger partial charge in [-0.25, -0.2) is 4.98 Å². The summed E-state index contributed by atoms with van der Waals surface area (Å²) < 4.78 is 2.35. The lowest BCUT2D eigenvalue weighted by Crippen LogP contribution is -2.15. The fourth-order valence-corrected chi connectivity index (χ4v) is 8.44. The van der Waals surface area contributed by atoms with Crippen molar-refractivity contribution in [1.29, 1.82) is 0 Å². The minimum atomic E-state index is -0.143. The SMILES string of the molecule is CC1(C)c2ccccc2-c2cc3c(-c4cccc(-c5ccccc5)c4)c4ccccc4c(-c4nc5ccccc5n4-c4ccccc4)c3cc21. The molecule has 2 nitrogen and oxygen atoms in total. The number of hydrogen-bond acceptors (Lipinski definition) is 1.